The number of carbonyl (C=O) groups excluding carboxylic acids is 1. The number of halogens is 1. The fourth-order valence-electron chi connectivity index (χ4n) is 1.83. The van der Waals surface area contributed by atoms with E-state index in [1.165, 1.54) is 18.2 Å². The van der Waals surface area contributed by atoms with Crippen LogP contribution >= 0.6 is 0 Å². The molecule has 0 aliphatic heterocycles. The zero-order valence-corrected chi connectivity index (χ0v) is 11.7. The number of hydrogen-bond donors (Lipinski definition) is 3. The van der Waals surface area contributed by atoms with Gasteiger partial charge < -0.3 is 21.1 Å². The van der Waals surface area contributed by atoms with Crippen molar-refractivity contribution in [3.8, 4) is 0 Å². The smallest absolute Gasteiger partial charge is 0.225 e. The highest BCUT2D eigenvalue weighted by Crippen LogP contribution is 2.16. The van der Waals surface area contributed by atoms with E-state index < -0.39 is 5.82 Å². The van der Waals surface area contributed by atoms with Crippen molar-refractivity contribution in [3.63, 3.8) is 0 Å². The van der Waals surface area contributed by atoms with Crippen LogP contribution < -0.4 is 11.1 Å². The number of hydrogen-bond acceptors (Lipinski definition) is 4. The van der Waals surface area contributed by atoms with Crippen LogP contribution in [0.5, 0.6) is 0 Å². The zero-order chi connectivity index (χ0) is 15.0. The van der Waals surface area contributed by atoms with Crippen LogP contribution in [-0.2, 0) is 4.79 Å². The monoisotopic (exact) mass is 283 g/mol. The summed E-state index contributed by atoms with van der Waals surface area (Å²) in [7, 11) is 0. The van der Waals surface area contributed by atoms with E-state index in [2.05, 4.69) is 10.2 Å². The molecule has 0 aliphatic rings. The molecule has 1 aromatic rings. The highest BCUT2D eigenvalue weighted by molar-refractivity contribution is 5.91. The largest absolute Gasteiger partial charge is 0.396 e. The molecule has 4 N–H and O–H groups in total. The topological polar surface area (TPSA) is 78.6 Å². The highest BCUT2D eigenvalue weighted by atomic mass is 19.1. The molecule has 0 saturated heterocycles. The first-order chi connectivity index (χ1) is 9.56. The Morgan fingerprint density at radius 1 is 1.45 bits per heavy atom. The van der Waals surface area contributed by atoms with Crippen molar-refractivity contribution in [1.29, 1.82) is 0 Å². The maximum atomic E-state index is 13.0. The van der Waals surface area contributed by atoms with E-state index in [1.54, 1.807) is 0 Å². The van der Waals surface area contributed by atoms with Gasteiger partial charge in [0.2, 0.25) is 5.91 Å². The Morgan fingerprint density at radius 2 is 2.20 bits per heavy atom. The molecule has 0 saturated carbocycles. The number of anilines is 2. The molecule has 0 aromatic heterocycles. The molecule has 1 rings (SSSR count). The number of benzene rings is 1. The van der Waals surface area contributed by atoms with E-state index >= 15 is 0 Å². The Hall–Kier alpha value is -1.66. The van der Waals surface area contributed by atoms with Gasteiger partial charge in [-0.05, 0) is 31.2 Å². The number of aliphatic hydroxyl groups excluding tert-OH is 1. The lowest BCUT2D eigenvalue weighted by Crippen LogP contribution is -2.29. The van der Waals surface area contributed by atoms with Crippen molar-refractivity contribution in [2.24, 2.45) is 0 Å². The number of aliphatic hydroxyl groups is 1. The number of nitrogens with two attached hydrogens (primary N) is 1. The maximum Gasteiger partial charge on any atom is 0.225 e. The molecular weight excluding hydrogens is 261 g/mol. The predicted octanol–water partition coefficient (Wildman–Crippen LogP) is 1.44. The van der Waals surface area contributed by atoms with E-state index in [0.29, 0.717) is 25.1 Å². The summed E-state index contributed by atoms with van der Waals surface area (Å²) < 4.78 is 13.0. The SMILES string of the molecule is CCN(CCCO)CCC(=O)Nc1ccc(F)c(N)c1. The van der Waals surface area contributed by atoms with Crippen molar-refractivity contribution in [1.82, 2.24) is 4.90 Å². The third kappa shape index (κ3) is 5.54. The van der Waals surface area contributed by atoms with Crippen LogP contribution in [-0.4, -0.2) is 42.2 Å². The number of amides is 1. The normalized spacial score (nSPS) is 10.8. The number of rotatable bonds is 8. The molecule has 20 heavy (non-hydrogen) atoms. The molecule has 1 amide bonds. The van der Waals surface area contributed by atoms with Gasteiger partial charge in [0.15, 0.2) is 0 Å². The number of nitrogens with zero attached hydrogens (tertiary/aromatic N) is 1. The van der Waals surface area contributed by atoms with Crippen LogP contribution in [0.2, 0.25) is 0 Å². The van der Waals surface area contributed by atoms with Gasteiger partial charge in [-0.3, -0.25) is 4.79 Å². The third-order valence-electron chi connectivity index (χ3n) is 3.01. The van der Waals surface area contributed by atoms with E-state index in [1.807, 2.05) is 6.92 Å². The number of carbonyl (C=O) groups is 1. The Morgan fingerprint density at radius 3 is 2.80 bits per heavy atom. The lowest BCUT2D eigenvalue weighted by Gasteiger charge is -2.19. The van der Waals surface area contributed by atoms with Crippen molar-refractivity contribution < 1.29 is 14.3 Å². The van der Waals surface area contributed by atoms with Gasteiger partial charge in [-0.2, -0.15) is 0 Å². The summed E-state index contributed by atoms with van der Waals surface area (Å²) >= 11 is 0. The fraction of sp³-hybridized carbons (Fsp3) is 0.500. The average Bonchev–Trinajstić information content (AvgIpc) is 2.43. The van der Waals surface area contributed by atoms with Gasteiger partial charge in [0.05, 0.1) is 5.69 Å². The minimum Gasteiger partial charge on any atom is -0.396 e. The molecule has 0 aliphatic carbocycles. The summed E-state index contributed by atoms with van der Waals surface area (Å²) in [5, 5.41) is 11.5. The molecular formula is C14H22FN3O2. The summed E-state index contributed by atoms with van der Waals surface area (Å²) in [6, 6.07) is 4.11. The first-order valence-corrected chi connectivity index (χ1v) is 6.75. The van der Waals surface area contributed by atoms with Gasteiger partial charge in [-0.25, -0.2) is 4.39 Å². The second kappa shape index (κ2) is 8.50. The van der Waals surface area contributed by atoms with E-state index in [9.17, 15) is 9.18 Å². The number of nitrogens with one attached hydrogen (secondary N) is 1. The van der Waals surface area contributed by atoms with Crippen molar-refractivity contribution in [2.75, 3.05) is 37.3 Å². The minimum atomic E-state index is -0.496. The quantitative estimate of drug-likeness (QED) is 0.631. The summed E-state index contributed by atoms with van der Waals surface area (Å²) in [6.07, 6.45) is 1.04. The van der Waals surface area contributed by atoms with Crippen LogP contribution in [0.4, 0.5) is 15.8 Å². The molecule has 0 bridgehead atoms. The second-order valence-corrected chi connectivity index (χ2v) is 4.55. The Kier molecular flexibility index (Phi) is 6.97. The van der Waals surface area contributed by atoms with Crippen molar-refractivity contribution in [3.05, 3.63) is 24.0 Å². The molecule has 5 nitrogen and oxygen atoms in total. The number of nitrogen functional groups attached to an aromatic ring is 1. The second-order valence-electron chi connectivity index (χ2n) is 4.55. The maximum absolute atomic E-state index is 13.0. The minimum absolute atomic E-state index is 0.0148. The van der Waals surface area contributed by atoms with Gasteiger partial charge in [0.25, 0.3) is 0 Å². The van der Waals surface area contributed by atoms with E-state index in [-0.39, 0.29) is 18.2 Å². The van der Waals surface area contributed by atoms with Gasteiger partial charge in [-0.15, -0.1) is 0 Å². The summed E-state index contributed by atoms with van der Waals surface area (Å²) in [4.78, 5) is 13.9. The summed E-state index contributed by atoms with van der Waals surface area (Å²) in [6.45, 7) is 4.38. The summed E-state index contributed by atoms with van der Waals surface area (Å²) in [5.74, 6) is -0.636. The van der Waals surface area contributed by atoms with E-state index in [0.717, 1.165) is 13.1 Å². The van der Waals surface area contributed by atoms with Gasteiger partial charge >= 0.3 is 0 Å². The highest BCUT2D eigenvalue weighted by Gasteiger charge is 2.08. The molecule has 0 radical (unpaired) electrons. The van der Waals surface area contributed by atoms with Crippen LogP contribution in [0, 0.1) is 5.82 Å². The molecule has 0 spiro atoms. The fourth-order valence-corrected chi connectivity index (χ4v) is 1.83. The predicted molar refractivity (Wildman–Crippen MR) is 77.9 cm³/mol. The van der Waals surface area contributed by atoms with Crippen molar-refractivity contribution in [2.45, 2.75) is 19.8 Å². The Balaban J connectivity index is 2.40. The zero-order valence-electron chi connectivity index (χ0n) is 11.7. The first-order valence-electron chi connectivity index (χ1n) is 6.75. The average molecular weight is 283 g/mol. The third-order valence-corrected chi connectivity index (χ3v) is 3.01. The molecule has 6 heteroatoms. The molecule has 1 aromatic carbocycles. The van der Waals surface area contributed by atoms with E-state index in [4.69, 9.17) is 10.8 Å². The molecule has 0 atom stereocenters. The summed E-state index contributed by atoms with van der Waals surface area (Å²) in [5.41, 5.74) is 5.94. The standard InChI is InChI=1S/C14H22FN3O2/c1-2-18(7-3-9-19)8-6-14(20)17-11-4-5-12(15)13(16)10-11/h4-5,10,19H,2-3,6-9,16H2,1H3,(H,17,20). The molecule has 0 fully saturated rings. The van der Waals surface area contributed by atoms with Crippen molar-refractivity contribution >= 4 is 17.3 Å². The van der Waals surface area contributed by atoms with Crippen LogP contribution in [0.1, 0.15) is 19.8 Å². The van der Waals surface area contributed by atoms with Gasteiger partial charge in [0, 0.05) is 31.8 Å². The molecule has 112 valence electrons. The Labute approximate surface area is 118 Å². The lowest BCUT2D eigenvalue weighted by atomic mass is 10.2. The van der Waals surface area contributed by atoms with Crippen LogP contribution in [0.15, 0.2) is 18.2 Å². The first kappa shape index (κ1) is 16.4. The molecule has 0 heterocycles. The van der Waals surface area contributed by atoms with Gasteiger partial charge in [-0.1, -0.05) is 6.92 Å². The Bertz CT molecular complexity index is 440. The van der Waals surface area contributed by atoms with Crippen LogP contribution in [0.25, 0.3) is 0 Å². The van der Waals surface area contributed by atoms with Gasteiger partial charge in [0.1, 0.15) is 5.82 Å². The van der Waals surface area contributed by atoms with Crippen LogP contribution in [0.3, 0.4) is 0 Å². The molecule has 0 unspecified atom stereocenters. The lowest BCUT2D eigenvalue weighted by molar-refractivity contribution is -0.116.